The zero-order valence-electron chi connectivity index (χ0n) is 13.4. The molecule has 1 aliphatic rings. The van der Waals surface area contributed by atoms with Crippen molar-refractivity contribution in [1.29, 1.82) is 0 Å². The van der Waals surface area contributed by atoms with Crippen molar-refractivity contribution >= 4 is 34.1 Å². The van der Waals surface area contributed by atoms with Crippen LogP contribution in [-0.2, 0) is 16.0 Å². The lowest BCUT2D eigenvalue weighted by Gasteiger charge is -2.27. The van der Waals surface area contributed by atoms with Crippen molar-refractivity contribution in [3.05, 3.63) is 23.3 Å². The lowest BCUT2D eigenvalue weighted by atomic mass is 10.1. The Kier molecular flexibility index (Phi) is 4.70. The van der Waals surface area contributed by atoms with Gasteiger partial charge in [-0.05, 0) is 18.1 Å². The minimum atomic E-state index is -0.353. The number of amides is 2. The Balaban J connectivity index is 1.66. The maximum Gasteiger partial charge on any atom is 0.266 e. The van der Waals surface area contributed by atoms with Gasteiger partial charge in [-0.2, -0.15) is 0 Å². The van der Waals surface area contributed by atoms with Gasteiger partial charge in [-0.15, -0.1) is 10.2 Å². The Labute approximate surface area is 142 Å². The summed E-state index contributed by atoms with van der Waals surface area (Å²) in [5.74, 6) is 0.639. The van der Waals surface area contributed by atoms with Crippen LogP contribution in [0.4, 0.5) is 10.9 Å². The van der Waals surface area contributed by atoms with Gasteiger partial charge >= 0.3 is 0 Å². The Morgan fingerprint density at radius 2 is 2.29 bits per heavy atom. The molecule has 2 amide bonds. The number of hydrogen-bond donors (Lipinski definition) is 1. The average Bonchev–Trinajstić information content (AvgIpc) is 2.96. The van der Waals surface area contributed by atoms with E-state index in [2.05, 4.69) is 34.3 Å². The summed E-state index contributed by atoms with van der Waals surface area (Å²) in [5.41, 5.74) is 0. The van der Waals surface area contributed by atoms with Crippen molar-refractivity contribution in [3.63, 3.8) is 0 Å². The number of nitrogens with one attached hydrogen (secondary N) is 1. The highest BCUT2D eigenvalue weighted by atomic mass is 32.1. The second-order valence-corrected chi connectivity index (χ2v) is 6.80. The number of ether oxygens (including phenoxy) is 1. The van der Waals surface area contributed by atoms with E-state index in [1.54, 1.807) is 18.3 Å². The molecule has 0 radical (unpaired) electrons. The van der Waals surface area contributed by atoms with Crippen LogP contribution in [0.3, 0.4) is 0 Å². The standard InChI is InChI=1S/C15H17N5O3S/c1-9(2)6-12-18-19-15(24-12)17-11(21)7-20-13(22)8-23-10-4-3-5-16-14(10)20/h3-5,9H,6-8H2,1-2H3,(H,17,19,21). The highest BCUT2D eigenvalue weighted by Crippen LogP contribution is 2.28. The SMILES string of the molecule is CC(C)Cc1nnc(NC(=O)CN2C(=O)COc3cccnc32)s1. The molecule has 1 N–H and O–H groups in total. The molecule has 2 aromatic heterocycles. The van der Waals surface area contributed by atoms with Crippen LogP contribution in [0.5, 0.6) is 5.75 Å². The number of carbonyl (C=O) groups excluding carboxylic acids is 2. The maximum atomic E-state index is 12.2. The molecule has 0 bridgehead atoms. The molecule has 0 saturated heterocycles. The van der Waals surface area contributed by atoms with Gasteiger partial charge in [0.1, 0.15) is 11.6 Å². The van der Waals surface area contributed by atoms with Crippen LogP contribution < -0.4 is 15.0 Å². The number of aromatic nitrogens is 3. The molecule has 0 aromatic carbocycles. The summed E-state index contributed by atoms with van der Waals surface area (Å²) in [6.07, 6.45) is 2.36. The Hall–Kier alpha value is -2.55. The summed E-state index contributed by atoms with van der Waals surface area (Å²) < 4.78 is 5.30. The summed E-state index contributed by atoms with van der Waals surface area (Å²) in [5, 5.41) is 12.0. The molecule has 0 atom stereocenters. The number of carbonyl (C=O) groups is 2. The fourth-order valence-electron chi connectivity index (χ4n) is 2.23. The fraction of sp³-hybridized carbons (Fsp3) is 0.400. The van der Waals surface area contributed by atoms with E-state index in [1.807, 2.05) is 0 Å². The molecule has 8 nitrogen and oxygen atoms in total. The summed E-state index contributed by atoms with van der Waals surface area (Å²) in [4.78, 5) is 29.7. The van der Waals surface area contributed by atoms with Crippen LogP contribution in [0, 0.1) is 5.92 Å². The Bertz CT molecular complexity index is 761. The predicted molar refractivity (Wildman–Crippen MR) is 89.2 cm³/mol. The van der Waals surface area contributed by atoms with Gasteiger partial charge in [0, 0.05) is 12.6 Å². The molecule has 1 aliphatic heterocycles. The number of rotatable bonds is 5. The molecule has 24 heavy (non-hydrogen) atoms. The van der Waals surface area contributed by atoms with Crippen LogP contribution in [0.2, 0.25) is 0 Å². The Morgan fingerprint density at radius 1 is 1.46 bits per heavy atom. The molecule has 0 spiro atoms. The summed E-state index contributed by atoms with van der Waals surface area (Å²) in [6, 6.07) is 3.42. The van der Waals surface area contributed by atoms with E-state index >= 15 is 0 Å². The minimum absolute atomic E-state index is 0.108. The first-order valence-corrected chi connectivity index (χ1v) is 8.35. The van der Waals surface area contributed by atoms with E-state index in [9.17, 15) is 9.59 Å². The third-order valence-electron chi connectivity index (χ3n) is 3.26. The monoisotopic (exact) mass is 347 g/mol. The number of hydrogen-bond acceptors (Lipinski definition) is 7. The first-order chi connectivity index (χ1) is 11.5. The van der Waals surface area contributed by atoms with Crippen molar-refractivity contribution in [1.82, 2.24) is 15.2 Å². The third-order valence-corrected chi connectivity index (χ3v) is 4.12. The molecule has 126 valence electrons. The molecule has 0 unspecified atom stereocenters. The number of anilines is 2. The highest BCUT2D eigenvalue weighted by molar-refractivity contribution is 7.15. The normalized spacial score (nSPS) is 13.6. The lowest BCUT2D eigenvalue weighted by molar-refractivity contribution is -0.123. The van der Waals surface area contributed by atoms with Gasteiger partial charge in [-0.25, -0.2) is 4.98 Å². The molecule has 3 heterocycles. The topological polar surface area (TPSA) is 97.3 Å². The molecule has 2 aromatic rings. The molecule has 0 fully saturated rings. The van der Waals surface area contributed by atoms with E-state index in [0.29, 0.717) is 22.6 Å². The van der Waals surface area contributed by atoms with Gasteiger partial charge in [0.2, 0.25) is 11.0 Å². The minimum Gasteiger partial charge on any atom is -0.480 e. The average molecular weight is 347 g/mol. The van der Waals surface area contributed by atoms with Crippen molar-refractivity contribution in [2.75, 3.05) is 23.4 Å². The molecular weight excluding hydrogens is 330 g/mol. The Morgan fingerprint density at radius 3 is 3.08 bits per heavy atom. The summed E-state index contributed by atoms with van der Waals surface area (Å²) >= 11 is 1.34. The highest BCUT2D eigenvalue weighted by Gasteiger charge is 2.28. The molecule has 9 heteroatoms. The van der Waals surface area contributed by atoms with E-state index in [4.69, 9.17) is 4.74 Å². The molecule has 0 aliphatic carbocycles. The second kappa shape index (κ2) is 6.91. The second-order valence-electron chi connectivity index (χ2n) is 5.74. The first kappa shape index (κ1) is 16.3. The van der Waals surface area contributed by atoms with Gasteiger partial charge in [0.05, 0.1) is 0 Å². The van der Waals surface area contributed by atoms with Crippen LogP contribution >= 0.6 is 11.3 Å². The van der Waals surface area contributed by atoms with Crippen molar-refractivity contribution < 1.29 is 14.3 Å². The first-order valence-electron chi connectivity index (χ1n) is 7.53. The number of nitrogens with zero attached hydrogens (tertiary/aromatic N) is 4. The summed E-state index contributed by atoms with van der Waals surface area (Å²) in [7, 11) is 0. The fourth-order valence-corrected chi connectivity index (χ4v) is 3.20. The maximum absolute atomic E-state index is 12.2. The summed E-state index contributed by atoms with van der Waals surface area (Å²) in [6.45, 7) is 3.93. The zero-order chi connectivity index (χ0) is 17.1. The van der Waals surface area contributed by atoms with E-state index in [-0.39, 0.29) is 25.0 Å². The van der Waals surface area contributed by atoms with E-state index < -0.39 is 0 Å². The third kappa shape index (κ3) is 3.67. The van der Waals surface area contributed by atoms with Crippen LogP contribution in [0.15, 0.2) is 18.3 Å². The predicted octanol–water partition coefficient (Wildman–Crippen LogP) is 1.50. The van der Waals surface area contributed by atoms with Crippen molar-refractivity contribution in [3.8, 4) is 5.75 Å². The number of pyridine rings is 1. The van der Waals surface area contributed by atoms with Gasteiger partial charge < -0.3 is 4.74 Å². The number of fused-ring (bicyclic) bond motifs is 1. The van der Waals surface area contributed by atoms with Crippen molar-refractivity contribution in [2.45, 2.75) is 20.3 Å². The zero-order valence-corrected chi connectivity index (χ0v) is 14.2. The largest absolute Gasteiger partial charge is 0.480 e. The van der Waals surface area contributed by atoms with Gasteiger partial charge in [-0.1, -0.05) is 25.2 Å². The quantitative estimate of drug-likeness (QED) is 0.880. The lowest BCUT2D eigenvalue weighted by Crippen LogP contribution is -2.43. The smallest absolute Gasteiger partial charge is 0.266 e. The van der Waals surface area contributed by atoms with Crippen LogP contribution in [0.1, 0.15) is 18.9 Å². The van der Waals surface area contributed by atoms with Gasteiger partial charge in [0.25, 0.3) is 5.91 Å². The molecular formula is C15H17N5O3S. The van der Waals surface area contributed by atoms with E-state index in [1.165, 1.54) is 16.2 Å². The van der Waals surface area contributed by atoms with Crippen LogP contribution in [-0.4, -0.2) is 40.1 Å². The molecule has 0 saturated carbocycles. The van der Waals surface area contributed by atoms with Crippen molar-refractivity contribution in [2.24, 2.45) is 5.92 Å². The molecule has 3 rings (SSSR count). The van der Waals surface area contributed by atoms with Crippen LogP contribution in [0.25, 0.3) is 0 Å². The van der Waals surface area contributed by atoms with Gasteiger partial charge in [-0.3, -0.25) is 19.8 Å². The van der Waals surface area contributed by atoms with Gasteiger partial charge in [0.15, 0.2) is 18.2 Å². The van der Waals surface area contributed by atoms with E-state index in [0.717, 1.165) is 11.4 Å².